The Bertz CT molecular complexity index is 594. The minimum Gasteiger partial charge on any atom is -0.444 e. The van der Waals surface area contributed by atoms with Crippen LogP contribution in [-0.2, 0) is 9.47 Å². The zero-order valence-electron chi connectivity index (χ0n) is 15.5. The molecule has 2 fully saturated rings. The molecule has 0 aromatic carbocycles. The van der Waals surface area contributed by atoms with Crippen LogP contribution in [0.5, 0.6) is 0 Å². The molecule has 6 heteroatoms. The second kappa shape index (κ2) is 7.60. The van der Waals surface area contributed by atoms with Crippen molar-refractivity contribution in [3.8, 4) is 0 Å². The zero-order chi connectivity index (χ0) is 17.9. The molecule has 3 heterocycles. The fourth-order valence-corrected chi connectivity index (χ4v) is 3.50. The van der Waals surface area contributed by atoms with Crippen LogP contribution < -0.4 is 4.90 Å². The average Bonchev–Trinajstić information content (AvgIpc) is 2.61. The van der Waals surface area contributed by atoms with Gasteiger partial charge in [0.1, 0.15) is 11.4 Å². The number of anilines is 1. The Labute approximate surface area is 150 Å². The third-order valence-corrected chi connectivity index (χ3v) is 4.62. The number of rotatable bonds is 2. The monoisotopic (exact) mass is 347 g/mol. The highest BCUT2D eigenvalue weighted by Crippen LogP contribution is 2.36. The fraction of sp³-hybridized carbons (Fsp3) is 0.684. The molecule has 0 radical (unpaired) electrons. The fourth-order valence-electron chi connectivity index (χ4n) is 3.50. The molecular formula is C19H29N3O3. The molecule has 1 atom stereocenters. The Morgan fingerprint density at radius 2 is 2.00 bits per heavy atom. The number of likely N-dealkylation sites (tertiary alicyclic amines) is 1. The van der Waals surface area contributed by atoms with Crippen molar-refractivity contribution in [2.45, 2.75) is 51.7 Å². The summed E-state index contributed by atoms with van der Waals surface area (Å²) in [5.41, 5.74) is 0.635. The zero-order valence-corrected chi connectivity index (χ0v) is 15.5. The van der Waals surface area contributed by atoms with E-state index in [1.165, 1.54) is 0 Å². The lowest BCUT2D eigenvalue weighted by molar-refractivity contribution is 0.00950. The molecule has 3 rings (SSSR count). The van der Waals surface area contributed by atoms with Gasteiger partial charge in [-0.1, -0.05) is 6.07 Å². The van der Waals surface area contributed by atoms with Crippen LogP contribution in [0.4, 0.5) is 10.6 Å². The highest BCUT2D eigenvalue weighted by Gasteiger charge is 2.33. The van der Waals surface area contributed by atoms with Gasteiger partial charge in [0.15, 0.2) is 0 Å². The van der Waals surface area contributed by atoms with Gasteiger partial charge in [-0.15, -0.1) is 0 Å². The first-order valence-corrected chi connectivity index (χ1v) is 9.23. The van der Waals surface area contributed by atoms with E-state index >= 15 is 0 Å². The number of morpholine rings is 1. The van der Waals surface area contributed by atoms with Crippen molar-refractivity contribution in [1.29, 1.82) is 0 Å². The van der Waals surface area contributed by atoms with Crippen LogP contribution in [0.3, 0.4) is 0 Å². The molecule has 138 valence electrons. The Kier molecular flexibility index (Phi) is 5.47. The molecule has 2 aliphatic heterocycles. The molecule has 0 saturated carbocycles. The van der Waals surface area contributed by atoms with Gasteiger partial charge >= 0.3 is 6.09 Å². The highest BCUT2D eigenvalue weighted by atomic mass is 16.6. The summed E-state index contributed by atoms with van der Waals surface area (Å²) in [4.78, 5) is 21.5. The van der Waals surface area contributed by atoms with Gasteiger partial charge in [0.05, 0.1) is 19.3 Å². The number of pyridine rings is 1. The van der Waals surface area contributed by atoms with Gasteiger partial charge in [0, 0.05) is 31.4 Å². The maximum Gasteiger partial charge on any atom is 0.410 e. The number of aromatic nitrogens is 1. The number of carbonyl (C=O) groups is 1. The van der Waals surface area contributed by atoms with Gasteiger partial charge in [-0.2, -0.15) is 0 Å². The quantitative estimate of drug-likeness (QED) is 0.821. The van der Waals surface area contributed by atoms with Gasteiger partial charge in [0.2, 0.25) is 0 Å². The van der Waals surface area contributed by atoms with Crippen molar-refractivity contribution in [3.05, 3.63) is 23.9 Å². The summed E-state index contributed by atoms with van der Waals surface area (Å²) >= 11 is 0. The maximum absolute atomic E-state index is 12.7. The van der Waals surface area contributed by atoms with Crippen molar-refractivity contribution < 1.29 is 14.3 Å². The molecule has 2 aliphatic rings. The summed E-state index contributed by atoms with van der Waals surface area (Å²) < 4.78 is 11.1. The molecule has 1 amide bonds. The summed E-state index contributed by atoms with van der Waals surface area (Å²) in [6, 6.07) is 4.09. The summed E-state index contributed by atoms with van der Waals surface area (Å²) in [5, 5.41) is 0. The minimum atomic E-state index is -0.485. The van der Waals surface area contributed by atoms with Gasteiger partial charge in [0.25, 0.3) is 0 Å². The summed E-state index contributed by atoms with van der Waals surface area (Å²) in [6.45, 7) is 9.57. The van der Waals surface area contributed by atoms with E-state index < -0.39 is 5.60 Å². The van der Waals surface area contributed by atoms with E-state index in [0.29, 0.717) is 0 Å². The molecule has 0 bridgehead atoms. The van der Waals surface area contributed by atoms with Gasteiger partial charge < -0.3 is 19.3 Å². The third kappa shape index (κ3) is 4.42. The number of carbonyl (C=O) groups excluding carboxylic acids is 1. The van der Waals surface area contributed by atoms with Crippen LogP contribution in [0.25, 0.3) is 0 Å². The molecule has 1 aromatic rings. The van der Waals surface area contributed by atoms with Crippen LogP contribution in [0, 0.1) is 0 Å². The van der Waals surface area contributed by atoms with E-state index in [4.69, 9.17) is 9.47 Å². The number of hydrogen-bond donors (Lipinski definition) is 0. The lowest BCUT2D eigenvalue weighted by atomic mass is 9.95. The molecule has 2 saturated heterocycles. The second-order valence-electron chi connectivity index (χ2n) is 7.70. The molecule has 1 aromatic heterocycles. The van der Waals surface area contributed by atoms with Crippen LogP contribution in [0.2, 0.25) is 0 Å². The number of hydrogen-bond acceptors (Lipinski definition) is 5. The molecule has 1 unspecified atom stereocenters. The smallest absolute Gasteiger partial charge is 0.410 e. The Hall–Kier alpha value is -1.82. The van der Waals surface area contributed by atoms with E-state index in [-0.39, 0.29) is 12.1 Å². The second-order valence-corrected chi connectivity index (χ2v) is 7.70. The molecule has 0 N–H and O–H groups in total. The van der Waals surface area contributed by atoms with Crippen LogP contribution in [-0.4, -0.2) is 54.4 Å². The topological polar surface area (TPSA) is 54.9 Å². The first kappa shape index (κ1) is 18.0. The molecule has 25 heavy (non-hydrogen) atoms. The normalized spacial score (nSPS) is 22.0. The Balaban J connectivity index is 1.86. The van der Waals surface area contributed by atoms with E-state index in [0.717, 1.165) is 63.5 Å². The predicted molar refractivity (Wildman–Crippen MR) is 96.8 cm³/mol. The van der Waals surface area contributed by atoms with Gasteiger partial charge in [-0.25, -0.2) is 9.78 Å². The van der Waals surface area contributed by atoms with Crippen molar-refractivity contribution in [2.24, 2.45) is 0 Å². The first-order valence-electron chi connectivity index (χ1n) is 9.23. The molecule has 0 spiro atoms. The molecule has 6 nitrogen and oxygen atoms in total. The number of nitrogens with zero attached hydrogens (tertiary/aromatic N) is 3. The lowest BCUT2D eigenvalue weighted by Crippen LogP contribution is -2.43. The summed E-state index contributed by atoms with van der Waals surface area (Å²) in [7, 11) is 0. The Morgan fingerprint density at radius 3 is 2.72 bits per heavy atom. The van der Waals surface area contributed by atoms with Crippen molar-refractivity contribution in [1.82, 2.24) is 9.88 Å². The van der Waals surface area contributed by atoms with E-state index in [2.05, 4.69) is 16.0 Å². The summed E-state index contributed by atoms with van der Waals surface area (Å²) in [5.74, 6) is 0.978. The third-order valence-electron chi connectivity index (χ3n) is 4.62. The maximum atomic E-state index is 12.7. The van der Waals surface area contributed by atoms with Gasteiger partial charge in [-0.05, 0) is 46.1 Å². The van der Waals surface area contributed by atoms with Gasteiger partial charge in [-0.3, -0.25) is 0 Å². The van der Waals surface area contributed by atoms with E-state index in [9.17, 15) is 4.79 Å². The number of piperidine rings is 1. The van der Waals surface area contributed by atoms with Crippen LogP contribution in [0.15, 0.2) is 18.3 Å². The highest BCUT2D eigenvalue weighted by molar-refractivity contribution is 5.69. The molecular weight excluding hydrogens is 318 g/mol. The predicted octanol–water partition coefficient (Wildman–Crippen LogP) is 3.38. The van der Waals surface area contributed by atoms with Crippen LogP contribution >= 0.6 is 0 Å². The average molecular weight is 347 g/mol. The largest absolute Gasteiger partial charge is 0.444 e. The molecule has 0 aliphatic carbocycles. The SMILES string of the molecule is CC(C)(C)OC(=O)N1CCCCC1c1cccnc1N1CCOCC1. The summed E-state index contributed by atoms with van der Waals surface area (Å²) in [6.07, 6.45) is 4.68. The van der Waals surface area contributed by atoms with Crippen molar-refractivity contribution >= 4 is 11.9 Å². The number of amides is 1. The first-order chi connectivity index (χ1) is 12.0. The lowest BCUT2D eigenvalue weighted by Gasteiger charge is -2.39. The van der Waals surface area contributed by atoms with Crippen molar-refractivity contribution in [2.75, 3.05) is 37.7 Å². The minimum absolute atomic E-state index is 0.0233. The Morgan fingerprint density at radius 1 is 1.24 bits per heavy atom. The number of ether oxygens (including phenoxy) is 2. The standard InChI is InChI=1S/C19H29N3O3/c1-19(2,3)25-18(23)22-10-5-4-8-16(22)15-7-6-9-20-17(15)21-11-13-24-14-12-21/h6-7,9,16H,4-5,8,10-14H2,1-3H3. The van der Waals surface area contributed by atoms with Crippen LogP contribution in [0.1, 0.15) is 51.6 Å². The van der Waals surface area contributed by atoms with Crippen molar-refractivity contribution in [3.63, 3.8) is 0 Å². The van der Waals surface area contributed by atoms with E-state index in [1.54, 1.807) is 0 Å². The van der Waals surface area contributed by atoms with E-state index in [1.807, 2.05) is 37.9 Å².